The highest BCUT2D eigenvalue weighted by atomic mass is 16.1. The molecule has 0 saturated carbocycles. The molecule has 0 spiro atoms. The summed E-state index contributed by atoms with van der Waals surface area (Å²) < 4.78 is 0. The molecule has 1 N–H and O–H groups in total. The molecular formula is C15H19NO. The monoisotopic (exact) mass is 229 g/mol. The number of hydrogen-bond donors (Lipinski definition) is 1. The van der Waals surface area contributed by atoms with Crippen LogP contribution in [0.5, 0.6) is 0 Å². The SMILES string of the molecule is CNCCC#Cc1ccc(C(=O)C(C)C)cc1. The van der Waals surface area contributed by atoms with Crippen molar-refractivity contribution in [2.45, 2.75) is 20.3 Å². The number of Topliss-reactive ketones (excluding diaryl/α,β-unsaturated/α-hetero) is 1. The molecule has 1 aromatic carbocycles. The molecule has 0 amide bonds. The zero-order valence-electron chi connectivity index (χ0n) is 10.7. The molecule has 0 saturated heterocycles. The predicted molar refractivity (Wildman–Crippen MR) is 71.0 cm³/mol. The van der Waals surface area contributed by atoms with Crippen molar-refractivity contribution in [1.29, 1.82) is 0 Å². The van der Waals surface area contributed by atoms with Gasteiger partial charge < -0.3 is 5.32 Å². The fraction of sp³-hybridized carbons (Fsp3) is 0.400. The van der Waals surface area contributed by atoms with Crippen LogP contribution >= 0.6 is 0 Å². The van der Waals surface area contributed by atoms with Crippen LogP contribution in [0.2, 0.25) is 0 Å². The van der Waals surface area contributed by atoms with E-state index in [2.05, 4.69) is 17.2 Å². The van der Waals surface area contributed by atoms with Gasteiger partial charge >= 0.3 is 0 Å². The molecule has 0 atom stereocenters. The van der Waals surface area contributed by atoms with Gasteiger partial charge in [-0.3, -0.25) is 4.79 Å². The molecule has 0 bridgehead atoms. The molecule has 2 heteroatoms. The number of nitrogens with one attached hydrogen (secondary N) is 1. The van der Waals surface area contributed by atoms with Gasteiger partial charge in [0, 0.05) is 30.0 Å². The average Bonchev–Trinajstić information content (AvgIpc) is 2.34. The molecule has 90 valence electrons. The average molecular weight is 229 g/mol. The summed E-state index contributed by atoms with van der Waals surface area (Å²) in [5, 5.41) is 3.04. The van der Waals surface area contributed by atoms with E-state index in [1.165, 1.54) is 0 Å². The first kappa shape index (κ1) is 13.5. The van der Waals surface area contributed by atoms with E-state index in [9.17, 15) is 4.79 Å². The van der Waals surface area contributed by atoms with Gasteiger partial charge in [-0.25, -0.2) is 0 Å². The zero-order valence-corrected chi connectivity index (χ0v) is 10.7. The van der Waals surface area contributed by atoms with Crippen LogP contribution in [0.25, 0.3) is 0 Å². The molecular weight excluding hydrogens is 210 g/mol. The highest BCUT2D eigenvalue weighted by Crippen LogP contribution is 2.09. The zero-order chi connectivity index (χ0) is 12.7. The third-order valence-corrected chi connectivity index (χ3v) is 2.43. The number of rotatable bonds is 4. The van der Waals surface area contributed by atoms with Crippen molar-refractivity contribution in [3.63, 3.8) is 0 Å². The topological polar surface area (TPSA) is 29.1 Å². The summed E-state index contributed by atoms with van der Waals surface area (Å²) in [7, 11) is 1.91. The Kier molecular flexibility index (Phi) is 5.45. The molecule has 0 unspecified atom stereocenters. The normalized spacial score (nSPS) is 9.88. The molecule has 2 nitrogen and oxygen atoms in total. The van der Waals surface area contributed by atoms with E-state index < -0.39 is 0 Å². The standard InChI is InChI=1S/C15H19NO/c1-12(2)15(17)14-9-7-13(8-10-14)6-4-5-11-16-3/h7-10,12,16H,5,11H2,1-3H3. The third-order valence-electron chi connectivity index (χ3n) is 2.43. The van der Waals surface area contributed by atoms with E-state index in [4.69, 9.17) is 0 Å². The number of benzene rings is 1. The molecule has 1 rings (SSSR count). The summed E-state index contributed by atoms with van der Waals surface area (Å²) in [5.74, 6) is 6.37. The Labute approximate surface area is 103 Å². The minimum absolute atomic E-state index is 0.0440. The number of carbonyl (C=O) groups excluding carboxylic acids is 1. The Morgan fingerprint density at radius 2 is 1.94 bits per heavy atom. The van der Waals surface area contributed by atoms with Crippen molar-refractivity contribution < 1.29 is 4.79 Å². The van der Waals surface area contributed by atoms with Gasteiger partial charge in [0.1, 0.15) is 0 Å². The molecule has 0 aliphatic carbocycles. The van der Waals surface area contributed by atoms with Gasteiger partial charge in [-0.1, -0.05) is 37.8 Å². The van der Waals surface area contributed by atoms with Crippen LogP contribution in [-0.4, -0.2) is 19.4 Å². The maximum atomic E-state index is 11.7. The molecule has 1 aromatic rings. The Morgan fingerprint density at radius 3 is 2.47 bits per heavy atom. The van der Waals surface area contributed by atoms with Crippen LogP contribution in [0, 0.1) is 17.8 Å². The highest BCUT2D eigenvalue weighted by Gasteiger charge is 2.09. The second-order valence-electron chi connectivity index (χ2n) is 4.25. The second-order valence-corrected chi connectivity index (χ2v) is 4.25. The van der Waals surface area contributed by atoms with Crippen LogP contribution < -0.4 is 5.32 Å². The van der Waals surface area contributed by atoms with E-state index in [0.717, 1.165) is 24.1 Å². The van der Waals surface area contributed by atoms with Gasteiger partial charge in [-0.05, 0) is 19.2 Å². The van der Waals surface area contributed by atoms with E-state index in [1.807, 2.05) is 45.2 Å². The molecule has 0 aliphatic heterocycles. The highest BCUT2D eigenvalue weighted by molar-refractivity contribution is 5.97. The lowest BCUT2D eigenvalue weighted by Gasteiger charge is -2.03. The summed E-state index contributed by atoms with van der Waals surface area (Å²) in [5.41, 5.74) is 1.72. The van der Waals surface area contributed by atoms with E-state index in [0.29, 0.717) is 0 Å². The van der Waals surface area contributed by atoms with E-state index in [-0.39, 0.29) is 11.7 Å². The molecule has 0 radical (unpaired) electrons. The van der Waals surface area contributed by atoms with Crippen molar-refractivity contribution in [3.8, 4) is 11.8 Å². The van der Waals surface area contributed by atoms with Gasteiger partial charge in [-0.15, -0.1) is 0 Å². The van der Waals surface area contributed by atoms with Crippen LogP contribution in [0.4, 0.5) is 0 Å². The summed E-state index contributed by atoms with van der Waals surface area (Å²) >= 11 is 0. The van der Waals surface area contributed by atoms with Crippen molar-refractivity contribution in [2.75, 3.05) is 13.6 Å². The quantitative estimate of drug-likeness (QED) is 0.488. The molecule has 0 fully saturated rings. The van der Waals surface area contributed by atoms with Crippen LogP contribution in [-0.2, 0) is 0 Å². The second kappa shape index (κ2) is 6.88. The van der Waals surface area contributed by atoms with Crippen molar-refractivity contribution in [2.24, 2.45) is 5.92 Å². The predicted octanol–water partition coefficient (Wildman–Crippen LogP) is 2.49. The number of carbonyl (C=O) groups is 1. The Balaban J connectivity index is 2.67. The Hall–Kier alpha value is -1.59. The van der Waals surface area contributed by atoms with Crippen LogP contribution in [0.3, 0.4) is 0 Å². The number of ketones is 1. The first-order chi connectivity index (χ1) is 8.15. The number of hydrogen-bond acceptors (Lipinski definition) is 2. The summed E-state index contributed by atoms with van der Waals surface area (Å²) in [6.07, 6.45) is 0.836. The first-order valence-electron chi connectivity index (χ1n) is 5.93. The van der Waals surface area contributed by atoms with Crippen LogP contribution in [0.15, 0.2) is 24.3 Å². The molecule has 0 heterocycles. The minimum Gasteiger partial charge on any atom is -0.319 e. The van der Waals surface area contributed by atoms with Gasteiger partial charge in [0.15, 0.2) is 5.78 Å². The minimum atomic E-state index is 0.0440. The molecule has 0 aromatic heterocycles. The Morgan fingerprint density at radius 1 is 1.29 bits per heavy atom. The van der Waals surface area contributed by atoms with Gasteiger partial charge in [0.25, 0.3) is 0 Å². The third kappa shape index (κ3) is 4.42. The van der Waals surface area contributed by atoms with Gasteiger partial charge in [0.05, 0.1) is 0 Å². The van der Waals surface area contributed by atoms with Crippen molar-refractivity contribution >= 4 is 5.78 Å². The lowest BCUT2D eigenvalue weighted by Crippen LogP contribution is -2.07. The van der Waals surface area contributed by atoms with Crippen molar-refractivity contribution in [3.05, 3.63) is 35.4 Å². The van der Waals surface area contributed by atoms with Crippen LogP contribution in [0.1, 0.15) is 36.2 Å². The molecule has 17 heavy (non-hydrogen) atoms. The fourth-order valence-corrected chi connectivity index (χ4v) is 1.40. The first-order valence-corrected chi connectivity index (χ1v) is 5.93. The van der Waals surface area contributed by atoms with Gasteiger partial charge in [-0.2, -0.15) is 0 Å². The lowest BCUT2D eigenvalue weighted by atomic mass is 10.0. The maximum Gasteiger partial charge on any atom is 0.165 e. The molecule has 0 aliphatic rings. The summed E-state index contributed by atoms with van der Waals surface area (Å²) in [6, 6.07) is 7.51. The summed E-state index contributed by atoms with van der Waals surface area (Å²) in [6.45, 7) is 4.72. The fourth-order valence-electron chi connectivity index (χ4n) is 1.40. The summed E-state index contributed by atoms with van der Waals surface area (Å²) in [4.78, 5) is 11.7. The largest absolute Gasteiger partial charge is 0.319 e. The van der Waals surface area contributed by atoms with E-state index >= 15 is 0 Å². The van der Waals surface area contributed by atoms with Crippen molar-refractivity contribution in [1.82, 2.24) is 5.32 Å². The van der Waals surface area contributed by atoms with E-state index in [1.54, 1.807) is 0 Å². The lowest BCUT2D eigenvalue weighted by molar-refractivity contribution is 0.0939. The Bertz CT molecular complexity index is 420. The maximum absolute atomic E-state index is 11.7. The smallest absolute Gasteiger partial charge is 0.165 e. The van der Waals surface area contributed by atoms with Gasteiger partial charge in [0.2, 0.25) is 0 Å².